The van der Waals surface area contributed by atoms with Gasteiger partial charge in [0.2, 0.25) is 0 Å². The maximum absolute atomic E-state index is 11.1. The molecule has 0 spiro atoms. The molecule has 0 amide bonds. The van der Waals surface area contributed by atoms with Gasteiger partial charge in [0, 0.05) is 19.8 Å². The van der Waals surface area contributed by atoms with Crippen LogP contribution in [0.3, 0.4) is 0 Å². The van der Waals surface area contributed by atoms with Crippen LogP contribution in [-0.2, 0) is 9.53 Å². The molecule has 1 aliphatic rings. The van der Waals surface area contributed by atoms with Crippen LogP contribution in [0.2, 0.25) is 0 Å². The highest BCUT2D eigenvalue weighted by Gasteiger charge is 2.38. The van der Waals surface area contributed by atoms with Crippen LogP contribution in [0.15, 0.2) is 30.3 Å². The van der Waals surface area contributed by atoms with E-state index in [0.717, 1.165) is 12.8 Å². The lowest BCUT2D eigenvalue weighted by molar-refractivity contribution is -0.154. The molecule has 2 rings (SSSR count). The zero-order valence-corrected chi connectivity index (χ0v) is 10.6. The van der Waals surface area contributed by atoms with Gasteiger partial charge < -0.3 is 4.74 Å². The van der Waals surface area contributed by atoms with Crippen molar-refractivity contribution in [3.63, 3.8) is 0 Å². The first-order valence-corrected chi connectivity index (χ1v) is 6.31. The summed E-state index contributed by atoms with van der Waals surface area (Å²) >= 11 is 0. The summed E-state index contributed by atoms with van der Waals surface area (Å²) in [7, 11) is 0. The Hall–Kier alpha value is -1.82. The third-order valence-corrected chi connectivity index (χ3v) is 3.61. The molecule has 3 nitrogen and oxygen atoms in total. The largest absolute Gasteiger partial charge is 0.444 e. The summed E-state index contributed by atoms with van der Waals surface area (Å²) in [6, 6.07) is 12.5. The van der Waals surface area contributed by atoms with Crippen molar-refractivity contribution < 1.29 is 9.53 Å². The van der Waals surface area contributed by atoms with Crippen LogP contribution in [0.25, 0.3) is 0 Å². The van der Waals surface area contributed by atoms with Gasteiger partial charge in [0.05, 0.1) is 0 Å². The smallest absolute Gasteiger partial charge is 0.304 e. The standard InChI is InChI=1S/C15H17NO2/c1-12(17)18-15(11-16)9-7-14(8-10-15)13-5-3-2-4-6-13/h2-6,14H,7-10H2,1H3. The molecule has 0 aliphatic heterocycles. The van der Waals surface area contributed by atoms with Crippen molar-refractivity contribution in [3.05, 3.63) is 35.9 Å². The summed E-state index contributed by atoms with van der Waals surface area (Å²) < 4.78 is 5.21. The third-order valence-electron chi connectivity index (χ3n) is 3.61. The van der Waals surface area contributed by atoms with Crippen LogP contribution in [0, 0.1) is 11.3 Å². The van der Waals surface area contributed by atoms with Crippen LogP contribution in [0.4, 0.5) is 0 Å². The van der Waals surface area contributed by atoms with Gasteiger partial charge in [-0.2, -0.15) is 5.26 Å². The lowest BCUT2D eigenvalue weighted by Crippen LogP contribution is -2.36. The minimum atomic E-state index is -0.892. The van der Waals surface area contributed by atoms with Crippen LogP contribution < -0.4 is 0 Å². The predicted molar refractivity (Wildman–Crippen MR) is 67.8 cm³/mol. The molecule has 1 aromatic carbocycles. The average molecular weight is 243 g/mol. The van der Waals surface area contributed by atoms with E-state index in [1.165, 1.54) is 12.5 Å². The molecular weight excluding hydrogens is 226 g/mol. The Kier molecular flexibility index (Phi) is 3.66. The van der Waals surface area contributed by atoms with E-state index in [1.807, 2.05) is 18.2 Å². The van der Waals surface area contributed by atoms with Crippen molar-refractivity contribution in [2.45, 2.75) is 44.1 Å². The highest BCUT2D eigenvalue weighted by atomic mass is 16.6. The minimum Gasteiger partial charge on any atom is -0.444 e. The number of nitrogens with zero attached hydrogens (tertiary/aromatic N) is 1. The van der Waals surface area contributed by atoms with Crippen LogP contribution in [0.5, 0.6) is 0 Å². The molecule has 0 atom stereocenters. The Morgan fingerprint density at radius 1 is 1.33 bits per heavy atom. The molecule has 1 saturated carbocycles. The van der Waals surface area contributed by atoms with Crippen molar-refractivity contribution in [1.82, 2.24) is 0 Å². The topological polar surface area (TPSA) is 50.1 Å². The van der Waals surface area contributed by atoms with Crippen molar-refractivity contribution in [2.75, 3.05) is 0 Å². The molecule has 0 saturated heterocycles. The van der Waals surface area contributed by atoms with Crippen molar-refractivity contribution in [3.8, 4) is 6.07 Å². The fourth-order valence-corrected chi connectivity index (χ4v) is 2.65. The summed E-state index contributed by atoms with van der Waals surface area (Å²) in [6.45, 7) is 1.36. The van der Waals surface area contributed by atoms with Crippen molar-refractivity contribution in [2.24, 2.45) is 0 Å². The number of esters is 1. The molecule has 0 bridgehead atoms. The summed E-state index contributed by atoms with van der Waals surface area (Å²) in [6.07, 6.45) is 3.04. The fraction of sp³-hybridized carbons (Fsp3) is 0.467. The monoisotopic (exact) mass is 243 g/mol. The van der Waals surface area contributed by atoms with E-state index in [1.54, 1.807) is 0 Å². The Morgan fingerprint density at radius 3 is 2.44 bits per heavy atom. The lowest BCUT2D eigenvalue weighted by Gasteiger charge is -2.34. The molecule has 0 aromatic heterocycles. The van der Waals surface area contributed by atoms with Crippen molar-refractivity contribution in [1.29, 1.82) is 5.26 Å². The third kappa shape index (κ3) is 2.70. The number of rotatable bonds is 2. The molecule has 0 N–H and O–H groups in total. The number of ether oxygens (including phenoxy) is 1. The van der Waals surface area contributed by atoms with Crippen LogP contribution in [-0.4, -0.2) is 11.6 Å². The highest BCUT2D eigenvalue weighted by molar-refractivity contribution is 5.67. The van der Waals surface area contributed by atoms with E-state index >= 15 is 0 Å². The second kappa shape index (κ2) is 5.22. The van der Waals surface area contributed by atoms with Gasteiger partial charge in [-0.25, -0.2) is 0 Å². The van der Waals surface area contributed by atoms with Gasteiger partial charge in [-0.15, -0.1) is 0 Å². The Labute approximate surface area is 107 Å². The van der Waals surface area contributed by atoms with E-state index in [0.29, 0.717) is 18.8 Å². The SMILES string of the molecule is CC(=O)OC1(C#N)CCC(c2ccccc2)CC1. The molecule has 0 unspecified atom stereocenters. The first kappa shape index (κ1) is 12.6. The first-order chi connectivity index (χ1) is 8.65. The Balaban J connectivity index is 2.03. The summed E-state index contributed by atoms with van der Waals surface area (Å²) in [5.74, 6) is 0.109. The van der Waals surface area contributed by atoms with E-state index in [4.69, 9.17) is 4.74 Å². The maximum Gasteiger partial charge on any atom is 0.304 e. The normalized spacial score (nSPS) is 27.2. The fourth-order valence-electron chi connectivity index (χ4n) is 2.65. The van der Waals surface area contributed by atoms with Crippen LogP contribution >= 0.6 is 0 Å². The number of hydrogen-bond acceptors (Lipinski definition) is 3. The second-order valence-electron chi connectivity index (χ2n) is 4.88. The molecule has 94 valence electrons. The average Bonchev–Trinajstić information content (AvgIpc) is 2.40. The van der Waals surface area contributed by atoms with Crippen molar-refractivity contribution >= 4 is 5.97 Å². The van der Waals surface area contributed by atoms with E-state index in [9.17, 15) is 10.1 Å². The quantitative estimate of drug-likeness (QED) is 0.749. The maximum atomic E-state index is 11.1. The molecule has 3 heteroatoms. The summed E-state index contributed by atoms with van der Waals surface area (Å²) in [5, 5.41) is 9.22. The molecule has 0 heterocycles. The lowest BCUT2D eigenvalue weighted by atomic mass is 9.76. The molecule has 1 fully saturated rings. The van der Waals surface area contributed by atoms with Gasteiger partial charge in [-0.05, 0) is 24.3 Å². The zero-order valence-electron chi connectivity index (χ0n) is 10.6. The number of benzene rings is 1. The molecule has 18 heavy (non-hydrogen) atoms. The number of hydrogen-bond donors (Lipinski definition) is 0. The summed E-state index contributed by atoms with van der Waals surface area (Å²) in [4.78, 5) is 11.1. The first-order valence-electron chi connectivity index (χ1n) is 6.31. The summed E-state index contributed by atoms with van der Waals surface area (Å²) in [5.41, 5.74) is 0.420. The van der Waals surface area contributed by atoms with E-state index in [2.05, 4.69) is 18.2 Å². The molecule has 0 radical (unpaired) electrons. The minimum absolute atomic E-state index is 0.366. The highest BCUT2D eigenvalue weighted by Crippen LogP contribution is 2.39. The Morgan fingerprint density at radius 2 is 1.94 bits per heavy atom. The van der Waals surface area contributed by atoms with Gasteiger partial charge in [-0.1, -0.05) is 30.3 Å². The number of carbonyl (C=O) groups is 1. The predicted octanol–water partition coefficient (Wildman–Crippen LogP) is 3.17. The number of nitriles is 1. The second-order valence-corrected chi connectivity index (χ2v) is 4.88. The van der Waals surface area contributed by atoms with Gasteiger partial charge >= 0.3 is 5.97 Å². The van der Waals surface area contributed by atoms with Crippen LogP contribution in [0.1, 0.15) is 44.1 Å². The number of carbonyl (C=O) groups excluding carboxylic acids is 1. The van der Waals surface area contributed by atoms with E-state index < -0.39 is 5.60 Å². The Bertz CT molecular complexity index is 453. The zero-order chi connectivity index (χ0) is 13.0. The van der Waals surface area contributed by atoms with Gasteiger partial charge in [-0.3, -0.25) is 4.79 Å². The van der Waals surface area contributed by atoms with E-state index in [-0.39, 0.29) is 5.97 Å². The molecular formula is C15H17NO2. The molecule has 1 aromatic rings. The van der Waals surface area contributed by atoms with Gasteiger partial charge in [0.1, 0.15) is 6.07 Å². The van der Waals surface area contributed by atoms with Gasteiger partial charge in [0.25, 0.3) is 0 Å². The van der Waals surface area contributed by atoms with Gasteiger partial charge in [0.15, 0.2) is 5.60 Å². The molecule has 1 aliphatic carbocycles.